The van der Waals surface area contributed by atoms with Gasteiger partial charge in [0.2, 0.25) is 0 Å². The number of ether oxygens (including phenoxy) is 1. The molecule has 0 heterocycles. The van der Waals surface area contributed by atoms with Crippen LogP contribution in [0.25, 0.3) is 10.8 Å². The molecule has 0 aliphatic heterocycles. The zero-order chi connectivity index (χ0) is 35.8. The van der Waals surface area contributed by atoms with Crippen LogP contribution < -0.4 is 93.4 Å². The van der Waals surface area contributed by atoms with Gasteiger partial charge >= 0.3 is 88.7 Å². The van der Waals surface area contributed by atoms with E-state index in [-0.39, 0.29) is 122 Å². The molecule has 4 aromatic rings. The standard InChI is InChI=1S/C26H24N4O14S4.3Na/c1-14-8-20(21(44-2)13-19(14)28-27-16-4-3-5-17(11-16)45(33,34)7-6-31)29-30-25-23(48(41,42)43)10-15-9-18(46(35,36)37)12-22(47(38,39)40)24(15)26(25)32;;;/h3-5,8-13,31-32H,6-7H2,1-2H3,(H,35,36,37)(H,38,39,40)(H,41,42,43);;;/q;3*+1/p-3. The van der Waals surface area contributed by atoms with Crippen molar-refractivity contribution in [2.45, 2.75) is 26.5 Å². The van der Waals surface area contributed by atoms with Crippen molar-refractivity contribution in [2.24, 2.45) is 20.5 Å². The van der Waals surface area contributed by atoms with E-state index in [9.17, 15) is 52.4 Å². The Morgan fingerprint density at radius 1 is 0.706 bits per heavy atom. The van der Waals surface area contributed by atoms with Gasteiger partial charge in [0.05, 0.1) is 50.4 Å². The van der Waals surface area contributed by atoms with E-state index in [2.05, 4.69) is 20.5 Å². The molecule has 18 nitrogen and oxygen atoms in total. The van der Waals surface area contributed by atoms with Crippen LogP contribution in [0, 0.1) is 6.92 Å². The predicted octanol–water partition coefficient (Wildman–Crippen LogP) is -5.82. The maximum absolute atomic E-state index is 12.3. The van der Waals surface area contributed by atoms with Gasteiger partial charge in [-0.1, -0.05) is 6.07 Å². The first-order valence-corrected chi connectivity index (χ1v) is 18.7. The molecule has 4 aromatic carbocycles. The monoisotopic (exact) mass is 810 g/mol. The van der Waals surface area contributed by atoms with Crippen molar-refractivity contribution in [1.29, 1.82) is 0 Å². The number of aryl methyl sites for hydroxylation is 1. The van der Waals surface area contributed by atoms with Crippen LogP contribution in [0.1, 0.15) is 5.56 Å². The Balaban J connectivity index is 0.00000433. The second-order valence-corrected chi connectivity index (χ2v) is 15.9. The molecule has 0 radical (unpaired) electrons. The van der Waals surface area contributed by atoms with Gasteiger partial charge in [-0.25, -0.2) is 33.7 Å². The summed E-state index contributed by atoms with van der Waals surface area (Å²) in [4.78, 5) is -4.08. The van der Waals surface area contributed by atoms with Crippen LogP contribution in [0.3, 0.4) is 0 Å². The molecule has 0 spiro atoms. The molecular weight excluding hydrogens is 790 g/mol. The summed E-state index contributed by atoms with van der Waals surface area (Å²) in [6, 6.07) is 9.13. The third kappa shape index (κ3) is 11.3. The number of hydrogen-bond donors (Lipinski definition) is 2. The molecule has 51 heavy (non-hydrogen) atoms. The molecule has 0 fully saturated rings. The van der Waals surface area contributed by atoms with Crippen molar-refractivity contribution >= 4 is 73.7 Å². The van der Waals surface area contributed by atoms with Gasteiger partial charge in [-0.15, -0.1) is 10.2 Å². The van der Waals surface area contributed by atoms with E-state index in [0.29, 0.717) is 17.7 Å². The van der Waals surface area contributed by atoms with E-state index in [1.54, 1.807) is 0 Å². The Kier molecular flexibility index (Phi) is 17.1. The Morgan fingerprint density at radius 3 is 1.86 bits per heavy atom. The first-order valence-electron chi connectivity index (χ1n) is 12.8. The average molecular weight is 811 g/mol. The van der Waals surface area contributed by atoms with E-state index in [1.165, 1.54) is 50.4 Å². The third-order valence-electron chi connectivity index (χ3n) is 6.48. The normalized spacial score (nSPS) is 12.4. The Hall–Kier alpha value is -1.42. The number of azo groups is 2. The second-order valence-electron chi connectivity index (χ2n) is 9.70. The smallest absolute Gasteiger partial charge is 0.744 e. The SMILES string of the molecule is COc1cc(N=Nc2cccc(S(=O)(=O)CCO)c2)c(C)cc1N=Nc1c(S(=O)(=O)[O-])cc2cc(S(=O)(=O)[O-])cc(S(=O)(=O)[O-])c2c1O.[Na+].[Na+].[Na+]. The van der Waals surface area contributed by atoms with Gasteiger partial charge in [0.1, 0.15) is 47.5 Å². The first kappa shape index (κ1) is 47.6. The van der Waals surface area contributed by atoms with Crippen LogP contribution in [0.15, 0.2) is 94.6 Å². The number of phenols is 1. The average Bonchev–Trinajstić information content (AvgIpc) is 2.98. The summed E-state index contributed by atoms with van der Waals surface area (Å²) in [6.45, 7) is 0.952. The zero-order valence-corrected chi connectivity index (χ0v) is 36.6. The summed E-state index contributed by atoms with van der Waals surface area (Å²) in [5, 5.41) is 33.8. The number of hydrogen-bond acceptors (Lipinski definition) is 18. The molecule has 4 rings (SSSR count). The summed E-state index contributed by atoms with van der Waals surface area (Å²) in [7, 11) is -19.1. The quantitative estimate of drug-likeness (QED) is 0.0811. The number of rotatable bonds is 11. The summed E-state index contributed by atoms with van der Waals surface area (Å²) < 4.78 is 137. The fourth-order valence-corrected chi connectivity index (χ4v) is 7.31. The predicted molar refractivity (Wildman–Crippen MR) is 161 cm³/mol. The Labute approximate surface area is 358 Å². The maximum atomic E-state index is 12.3. The number of aliphatic hydroxyl groups is 1. The van der Waals surface area contributed by atoms with Crippen molar-refractivity contribution in [2.75, 3.05) is 19.5 Å². The number of fused-ring (bicyclic) bond motifs is 1. The molecule has 2 N–H and O–H groups in total. The van der Waals surface area contributed by atoms with Crippen molar-refractivity contribution in [3.63, 3.8) is 0 Å². The van der Waals surface area contributed by atoms with Gasteiger partial charge < -0.3 is 28.6 Å². The van der Waals surface area contributed by atoms with Gasteiger partial charge in [-0.05, 0) is 60.3 Å². The molecule has 0 aromatic heterocycles. The Morgan fingerprint density at radius 2 is 1.31 bits per heavy atom. The van der Waals surface area contributed by atoms with Crippen LogP contribution in [0.2, 0.25) is 0 Å². The molecule has 0 bridgehead atoms. The molecule has 0 saturated heterocycles. The van der Waals surface area contributed by atoms with Crippen molar-refractivity contribution < 1.29 is 151 Å². The molecule has 25 heteroatoms. The van der Waals surface area contributed by atoms with Crippen molar-refractivity contribution in [1.82, 2.24) is 0 Å². The summed E-state index contributed by atoms with van der Waals surface area (Å²) in [5.41, 5.74) is -0.596. The van der Waals surface area contributed by atoms with Gasteiger partial charge in [0.15, 0.2) is 15.6 Å². The first-order chi connectivity index (χ1) is 22.2. The second kappa shape index (κ2) is 18.3. The van der Waals surface area contributed by atoms with E-state index >= 15 is 0 Å². The van der Waals surface area contributed by atoms with E-state index in [1.807, 2.05) is 0 Å². The number of phenolic OH excluding ortho intramolecular Hbond substituents is 1. The molecule has 0 unspecified atom stereocenters. The van der Waals surface area contributed by atoms with E-state index in [0.717, 1.165) is 0 Å². The van der Waals surface area contributed by atoms with Crippen molar-refractivity contribution in [3.05, 3.63) is 60.2 Å². The number of methoxy groups -OCH3 is 1. The fourth-order valence-electron chi connectivity index (χ4n) is 4.26. The third-order valence-corrected chi connectivity index (χ3v) is 10.7. The van der Waals surface area contributed by atoms with Crippen molar-refractivity contribution in [3.8, 4) is 11.5 Å². The maximum Gasteiger partial charge on any atom is 1.00 e. The largest absolute Gasteiger partial charge is 1.00 e. The number of benzene rings is 4. The van der Waals surface area contributed by atoms with Crippen LogP contribution >= 0.6 is 0 Å². The summed E-state index contributed by atoms with van der Waals surface area (Å²) in [5.74, 6) is -1.93. The molecule has 0 saturated carbocycles. The van der Waals surface area contributed by atoms with Gasteiger partial charge in [-0.2, -0.15) is 10.2 Å². The molecule has 0 atom stereocenters. The zero-order valence-electron chi connectivity index (χ0n) is 27.3. The number of nitrogens with zero attached hydrogens (tertiary/aromatic N) is 4. The molecular formula is C26H21N4Na3O14S4. The topological polar surface area (TPSA) is 305 Å². The van der Waals surface area contributed by atoms with Gasteiger partial charge in [-0.3, -0.25) is 0 Å². The van der Waals surface area contributed by atoms with Crippen LogP contribution in [-0.4, -0.2) is 77.0 Å². The summed E-state index contributed by atoms with van der Waals surface area (Å²) >= 11 is 0. The van der Waals surface area contributed by atoms with Crippen LogP contribution in [0.4, 0.5) is 22.7 Å². The number of aromatic hydroxyl groups is 1. The fraction of sp³-hybridized carbons (Fsp3) is 0.154. The minimum absolute atomic E-state index is 0. The number of aliphatic hydroxyl groups excluding tert-OH is 1. The molecule has 0 aliphatic rings. The molecule has 0 aliphatic carbocycles. The Bertz CT molecular complexity index is 2480. The number of sulfone groups is 1. The summed E-state index contributed by atoms with van der Waals surface area (Å²) in [6.07, 6.45) is 0. The van der Waals surface area contributed by atoms with Gasteiger partial charge in [0.25, 0.3) is 0 Å². The molecule has 0 amide bonds. The van der Waals surface area contributed by atoms with Crippen LogP contribution in [-0.2, 0) is 40.2 Å². The van der Waals surface area contributed by atoms with Crippen LogP contribution in [0.5, 0.6) is 11.5 Å². The minimum atomic E-state index is -5.62. The minimum Gasteiger partial charge on any atom is -0.744 e. The molecule has 256 valence electrons. The van der Waals surface area contributed by atoms with E-state index < -0.39 is 89.4 Å². The van der Waals surface area contributed by atoms with E-state index in [4.69, 9.17) is 9.84 Å². The van der Waals surface area contributed by atoms with Gasteiger partial charge in [0, 0.05) is 11.5 Å².